The van der Waals surface area contributed by atoms with Crippen molar-refractivity contribution >= 4 is 34.7 Å². The number of hydrazone groups is 1. The number of rotatable bonds is 6. The number of piperazine rings is 1. The smallest absolute Gasteiger partial charge is 0.147 e. The Morgan fingerprint density at radius 3 is 2.55 bits per heavy atom. The lowest BCUT2D eigenvalue weighted by molar-refractivity contribution is -0.898. The molecular formula is C21H24ClFN4O2. The fourth-order valence-corrected chi connectivity index (χ4v) is 3.51. The lowest BCUT2D eigenvalue weighted by Gasteiger charge is -2.33. The number of carboxylic acid groups (broad SMARTS) is 1. The largest absolute Gasteiger partial charge is 0.545 e. The summed E-state index contributed by atoms with van der Waals surface area (Å²) in [6.07, 6.45) is 0. The first-order valence-electron chi connectivity index (χ1n) is 9.58. The van der Waals surface area contributed by atoms with E-state index in [4.69, 9.17) is 11.6 Å². The Balaban J connectivity index is 1.73. The van der Waals surface area contributed by atoms with Gasteiger partial charge in [-0.3, -0.25) is 5.43 Å². The molecule has 8 heteroatoms. The predicted molar refractivity (Wildman–Crippen MR) is 111 cm³/mol. The van der Waals surface area contributed by atoms with E-state index in [1.165, 1.54) is 29.2 Å². The Kier molecular flexibility index (Phi) is 6.71. The van der Waals surface area contributed by atoms with Gasteiger partial charge in [-0.05, 0) is 43.7 Å². The van der Waals surface area contributed by atoms with E-state index in [0.29, 0.717) is 27.7 Å². The fourth-order valence-electron chi connectivity index (χ4n) is 3.35. The fraction of sp³-hybridized carbons (Fsp3) is 0.333. The van der Waals surface area contributed by atoms with Gasteiger partial charge < -0.3 is 19.7 Å². The number of hydrogen-bond acceptors (Lipinski definition) is 5. The van der Waals surface area contributed by atoms with Crippen molar-refractivity contribution in [2.75, 3.05) is 43.0 Å². The Hall–Kier alpha value is -2.64. The summed E-state index contributed by atoms with van der Waals surface area (Å²) in [6, 6.07) is 9.23. The first-order chi connectivity index (χ1) is 13.9. The van der Waals surface area contributed by atoms with Gasteiger partial charge >= 0.3 is 0 Å². The summed E-state index contributed by atoms with van der Waals surface area (Å²) in [5.41, 5.74) is 4.85. The minimum Gasteiger partial charge on any atom is -0.545 e. The SMILES string of the molecule is CC[NH+]1CCN(c2ccc(/C(C)=N\Nc3cc(C(=O)[O-])ccc3Cl)cc2F)CC1. The second kappa shape index (κ2) is 9.24. The normalized spacial score (nSPS) is 15.4. The molecule has 0 aliphatic carbocycles. The number of hydrogen-bond donors (Lipinski definition) is 2. The van der Waals surface area contributed by atoms with E-state index in [9.17, 15) is 14.3 Å². The van der Waals surface area contributed by atoms with Gasteiger partial charge in [0.1, 0.15) is 5.82 Å². The monoisotopic (exact) mass is 418 g/mol. The summed E-state index contributed by atoms with van der Waals surface area (Å²) in [5, 5.41) is 15.5. The van der Waals surface area contributed by atoms with Crippen LogP contribution in [0, 0.1) is 5.82 Å². The van der Waals surface area contributed by atoms with Crippen molar-refractivity contribution in [1.82, 2.24) is 0 Å². The third-order valence-electron chi connectivity index (χ3n) is 5.22. The minimum absolute atomic E-state index is 0.00911. The molecule has 1 aliphatic heterocycles. The van der Waals surface area contributed by atoms with Crippen LogP contribution in [-0.4, -0.2) is 44.4 Å². The highest BCUT2D eigenvalue weighted by molar-refractivity contribution is 6.33. The molecule has 0 spiro atoms. The number of nitrogens with one attached hydrogen (secondary N) is 2. The average molecular weight is 419 g/mol. The number of halogens is 2. The van der Waals surface area contributed by atoms with Crippen molar-refractivity contribution in [3.8, 4) is 0 Å². The Morgan fingerprint density at radius 2 is 1.93 bits per heavy atom. The quantitative estimate of drug-likeness (QED) is 0.549. The van der Waals surface area contributed by atoms with Crippen LogP contribution in [0.2, 0.25) is 5.02 Å². The molecule has 6 nitrogen and oxygen atoms in total. The number of carbonyl (C=O) groups excluding carboxylic acids is 1. The molecule has 1 aliphatic rings. The second-order valence-corrected chi connectivity index (χ2v) is 7.46. The van der Waals surface area contributed by atoms with Gasteiger partial charge in [-0.2, -0.15) is 5.10 Å². The number of anilines is 2. The van der Waals surface area contributed by atoms with E-state index in [1.54, 1.807) is 13.0 Å². The summed E-state index contributed by atoms with van der Waals surface area (Å²) in [5.74, 6) is -1.58. The molecule has 3 rings (SSSR count). The molecule has 1 fully saturated rings. The number of likely N-dealkylation sites (N-methyl/N-ethyl adjacent to an activating group) is 1. The van der Waals surface area contributed by atoms with Crippen molar-refractivity contribution in [3.05, 3.63) is 58.4 Å². The van der Waals surface area contributed by atoms with Crippen molar-refractivity contribution in [1.29, 1.82) is 0 Å². The number of quaternary nitrogens is 1. The third-order valence-corrected chi connectivity index (χ3v) is 5.55. The highest BCUT2D eigenvalue weighted by atomic mass is 35.5. The number of aromatic carboxylic acids is 1. The molecule has 0 saturated carbocycles. The van der Waals surface area contributed by atoms with Crippen LogP contribution in [0.15, 0.2) is 41.5 Å². The van der Waals surface area contributed by atoms with E-state index < -0.39 is 5.97 Å². The van der Waals surface area contributed by atoms with Gasteiger partial charge in [0.05, 0.1) is 60.8 Å². The molecule has 1 saturated heterocycles. The molecule has 154 valence electrons. The molecule has 0 unspecified atom stereocenters. The molecule has 2 aromatic carbocycles. The Morgan fingerprint density at radius 1 is 1.24 bits per heavy atom. The zero-order valence-electron chi connectivity index (χ0n) is 16.5. The van der Waals surface area contributed by atoms with Gasteiger partial charge in [-0.1, -0.05) is 23.7 Å². The first-order valence-corrected chi connectivity index (χ1v) is 9.96. The van der Waals surface area contributed by atoms with Crippen LogP contribution in [0.25, 0.3) is 0 Å². The molecule has 0 aromatic heterocycles. The summed E-state index contributed by atoms with van der Waals surface area (Å²) in [7, 11) is 0. The number of nitrogens with zero attached hydrogens (tertiary/aromatic N) is 2. The summed E-state index contributed by atoms with van der Waals surface area (Å²) in [6.45, 7) is 8.68. The maximum absolute atomic E-state index is 14.7. The summed E-state index contributed by atoms with van der Waals surface area (Å²) >= 11 is 6.07. The van der Waals surface area contributed by atoms with E-state index in [0.717, 1.165) is 32.7 Å². The van der Waals surface area contributed by atoms with Crippen LogP contribution in [0.4, 0.5) is 15.8 Å². The molecule has 0 radical (unpaired) electrons. The number of carboxylic acids is 1. The van der Waals surface area contributed by atoms with Crippen molar-refractivity contribution in [2.24, 2.45) is 5.10 Å². The van der Waals surface area contributed by atoms with Gasteiger partial charge in [0, 0.05) is 5.56 Å². The van der Waals surface area contributed by atoms with Gasteiger partial charge in [0.25, 0.3) is 0 Å². The minimum atomic E-state index is -1.30. The Labute approximate surface area is 174 Å². The first kappa shape index (κ1) is 21.1. The van der Waals surface area contributed by atoms with E-state index in [1.807, 2.05) is 6.07 Å². The van der Waals surface area contributed by atoms with Crippen LogP contribution in [0.1, 0.15) is 29.8 Å². The zero-order valence-corrected chi connectivity index (χ0v) is 17.2. The molecule has 29 heavy (non-hydrogen) atoms. The van der Waals surface area contributed by atoms with Gasteiger partial charge in [0.2, 0.25) is 0 Å². The highest BCUT2D eigenvalue weighted by Crippen LogP contribution is 2.24. The third kappa shape index (κ3) is 5.05. The van der Waals surface area contributed by atoms with Crippen LogP contribution in [0.5, 0.6) is 0 Å². The molecule has 2 aromatic rings. The van der Waals surface area contributed by atoms with Gasteiger partial charge in [-0.25, -0.2) is 4.39 Å². The average Bonchev–Trinajstić information content (AvgIpc) is 2.72. The van der Waals surface area contributed by atoms with E-state index >= 15 is 0 Å². The van der Waals surface area contributed by atoms with Crippen LogP contribution in [0.3, 0.4) is 0 Å². The van der Waals surface area contributed by atoms with Crippen molar-refractivity contribution < 1.29 is 19.2 Å². The highest BCUT2D eigenvalue weighted by Gasteiger charge is 2.21. The topological polar surface area (TPSA) is 72.2 Å². The van der Waals surface area contributed by atoms with Gasteiger partial charge in [0.15, 0.2) is 0 Å². The van der Waals surface area contributed by atoms with Crippen LogP contribution in [-0.2, 0) is 0 Å². The van der Waals surface area contributed by atoms with Gasteiger partial charge in [-0.15, -0.1) is 0 Å². The summed E-state index contributed by atoms with van der Waals surface area (Å²) < 4.78 is 14.7. The number of carbonyl (C=O) groups is 1. The molecule has 0 amide bonds. The molecule has 0 bridgehead atoms. The van der Waals surface area contributed by atoms with Crippen LogP contribution >= 0.6 is 11.6 Å². The predicted octanol–water partition coefficient (Wildman–Crippen LogP) is 1.40. The zero-order chi connectivity index (χ0) is 21.0. The van der Waals surface area contributed by atoms with Crippen molar-refractivity contribution in [2.45, 2.75) is 13.8 Å². The van der Waals surface area contributed by atoms with Crippen molar-refractivity contribution in [3.63, 3.8) is 0 Å². The van der Waals surface area contributed by atoms with E-state index in [-0.39, 0.29) is 11.4 Å². The Bertz CT molecular complexity index is 927. The molecular weight excluding hydrogens is 395 g/mol. The standard InChI is InChI=1S/C21H24ClFN4O2/c1-3-26-8-10-27(11-9-26)20-7-5-15(12-18(20)23)14(2)24-25-19-13-16(21(28)29)4-6-17(19)22/h4-7,12-13,25H,3,8-11H2,1-2H3,(H,28,29)/b24-14-. The molecule has 0 atom stereocenters. The lowest BCUT2D eigenvalue weighted by Crippen LogP contribution is -3.14. The lowest BCUT2D eigenvalue weighted by atomic mass is 10.1. The maximum atomic E-state index is 14.7. The number of benzene rings is 2. The second-order valence-electron chi connectivity index (χ2n) is 7.05. The van der Waals surface area contributed by atoms with Crippen LogP contribution < -0.4 is 20.3 Å². The summed E-state index contributed by atoms with van der Waals surface area (Å²) in [4.78, 5) is 14.6. The maximum Gasteiger partial charge on any atom is 0.147 e. The molecule has 1 heterocycles. The molecule has 2 N–H and O–H groups in total. The van der Waals surface area contributed by atoms with E-state index in [2.05, 4.69) is 22.4 Å².